The van der Waals surface area contributed by atoms with E-state index in [0.29, 0.717) is 30.0 Å². The summed E-state index contributed by atoms with van der Waals surface area (Å²) in [5.41, 5.74) is 8.24. The van der Waals surface area contributed by atoms with Crippen molar-refractivity contribution in [2.45, 2.75) is 40.0 Å². The number of hydrogen-bond acceptors (Lipinski definition) is 2. The van der Waals surface area contributed by atoms with Gasteiger partial charge in [0, 0.05) is 0 Å². The van der Waals surface area contributed by atoms with Gasteiger partial charge < -0.3 is 10.5 Å². The van der Waals surface area contributed by atoms with Crippen molar-refractivity contribution in [3.8, 4) is 5.75 Å². The van der Waals surface area contributed by atoms with Crippen LogP contribution < -0.4 is 10.5 Å². The standard InChI is InChI=1S/C15H24ClNO/c1-5-18-15-8-11(4)13(9-14(15)16)12(6-7-17)10(2)3/h8-10,12H,5-7,17H2,1-4H3. The topological polar surface area (TPSA) is 35.2 Å². The molecule has 102 valence electrons. The van der Waals surface area contributed by atoms with Gasteiger partial charge in [-0.05, 0) is 61.9 Å². The second-order valence-electron chi connectivity index (χ2n) is 5.00. The third-order valence-corrected chi connectivity index (χ3v) is 3.60. The number of hydrogen-bond donors (Lipinski definition) is 1. The molecule has 0 bridgehead atoms. The van der Waals surface area contributed by atoms with Crippen molar-refractivity contribution < 1.29 is 4.74 Å². The van der Waals surface area contributed by atoms with E-state index in [-0.39, 0.29) is 0 Å². The average Bonchev–Trinajstić information content (AvgIpc) is 2.31. The molecule has 1 aromatic rings. The molecule has 0 heterocycles. The third-order valence-electron chi connectivity index (χ3n) is 3.30. The zero-order valence-corrected chi connectivity index (χ0v) is 12.6. The van der Waals surface area contributed by atoms with Gasteiger partial charge in [-0.3, -0.25) is 0 Å². The third kappa shape index (κ3) is 3.63. The van der Waals surface area contributed by atoms with Crippen LogP contribution in [0, 0.1) is 12.8 Å². The van der Waals surface area contributed by atoms with Crippen LogP contribution in [0.1, 0.15) is 44.2 Å². The van der Waals surface area contributed by atoms with Crippen molar-refractivity contribution in [3.63, 3.8) is 0 Å². The molecule has 1 unspecified atom stereocenters. The van der Waals surface area contributed by atoms with Crippen LogP contribution in [0.2, 0.25) is 5.02 Å². The van der Waals surface area contributed by atoms with E-state index in [1.165, 1.54) is 11.1 Å². The molecule has 0 aliphatic carbocycles. The van der Waals surface area contributed by atoms with Gasteiger partial charge in [0.1, 0.15) is 5.75 Å². The van der Waals surface area contributed by atoms with Crippen molar-refractivity contribution in [1.82, 2.24) is 0 Å². The summed E-state index contributed by atoms with van der Waals surface area (Å²) in [5.74, 6) is 1.79. The molecule has 0 saturated heterocycles. The number of ether oxygens (including phenoxy) is 1. The number of nitrogens with two attached hydrogens (primary N) is 1. The Bertz CT molecular complexity index is 390. The minimum Gasteiger partial charge on any atom is -0.492 e. The molecule has 18 heavy (non-hydrogen) atoms. The Balaban J connectivity index is 3.11. The van der Waals surface area contributed by atoms with Crippen molar-refractivity contribution in [3.05, 3.63) is 28.3 Å². The first-order valence-corrected chi connectivity index (χ1v) is 7.01. The Morgan fingerprint density at radius 3 is 2.50 bits per heavy atom. The van der Waals surface area contributed by atoms with Gasteiger partial charge in [0.05, 0.1) is 11.6 Å². The Hall–Kier alpha value is -0.730. The molecule has 0 aliphatic heterocycles. The molecule has 1 rings (SSSR count). The van der Waals surface area contributed by atoms with Gasteiger partial charge >= 0.3 is 0 Å². The van der Waals surface area contributed by atoms with E-state index in [0.717, 1.165) is 12.2 Å². The number of halogens is 1. The monoisotopic (exact) mass is 269 g/mol. The fourth-order valence-electron chi connectivity index (χ4n) is 2.36. The number of aryl methyl sites for hydroxylation is 1. The molecule has 0 saturated carbocycles. The van der Waals surface area contributed by atoms with Crippen molar-refractivity contribution >= 4 is 11.6 Å². The maximum Gasteiger partial charge on any atom is 0.138 e. The Kier molecular flexibility index (Phi) is 5.97. The van der Waals surface area contributed by atoms with E-state index in [9.17, 15) is 0 Å². The number of benzene rings is 1. The van der Waals surface area contributed by atoms with Crippen LogP contribution in [0.5, 0.6) is 5.75 Å². The van der Waals surface area contributed by atoms with Gasteiger partial charge in [-0.2, -0.15) is 0 Å². The molecule has 0 aliphatic rings. The molecule has 0 radical (unpaired) electrons. The van der Waals surface area contributed by atoms with Crippen molar-refractivity contribution in [2.24, 2.45) is 11.7 Å². The largest absolute Gasteiger partial charge is 0.492 e. The smallest absolute Gasteiger partial charge is 0.138 e. The Labute approximate surface area is 115 Å². The highest BCUT2D eigenvalue weighted by Crippen LogP contribution is 2.36. The molecule has 2 nitrogen and oxygen atoms in total. The van der Waals surface area contributed by atoms with E-state index >= 15 is 0 Å². The number of rotatable bonds is 6. The molecule has 0 aromatic heterocycles. The minimum atomic E-state index is 0.461. The zero-order chi connectivity index (χ0) is 13.7. The van der Waals surface area contributed by atoms with Crippen LogP contribution in [-0.2, 0) is 0 Å². The summed E-state index contributed by atoms with van der Waals surface area (Å²) in [6.07, 6.45) is 0.989. The minimum absolute atomic E-state index is 0.461. The zero-order valence-electron chi connectivity index (χ0n) is 11.8. The van der Waals surface area contributed by atoms with Gasteiger partial charge in [-0.15, -0.1) is 0 Å². The summed E-state index contributed by atoms with van der Waals surface area (Å²) in [6.45, 7) is 9.86. The lowest BCUT2D eigenvalue weighted by atomic mass is 9.83. The predicted molar refractivity (Wildman–Crippen MR) is 78.6 cm³/mol. The maximum absolute atomic E-state index is 6.27. The van der Waals surface area contributed by atoms with E-state index in [1.54, 1.807) is 0 Å². The maximum atomic E-state index is 6.27. The summed E-state index contributed by atoms with van der Waals surface area (Å²) in [7, 11) is 0. The molecule has 2 N–H and O–H groups in total. The fourth-order valence-corrected chi connectivity index (χ4v) is 2.59. The highest BCUT2D eigenvalue weighted by Gasteiger charge is 2.19. The first kappa shape index (κ1) is 15.3. The first-order valence-electron chi connectivity index (χ1n) is 6.64. The molecule has 0 spiro atoms. The van der Waals surface area contributed by atoms with Crippen LogP contribution in [0.25, 0.3) is 0 Å². The molecular weight excluding hydrogens is 246 g/mol. The quantitative estimate of drug-likeness (QED) is 0.843. The lowest BCUT2D eigenvalue weighted by Gasteiger charge is -2.23. The van der Waals surface area contributed by atoms with Crippen LogP contribution in [0.4, 0.5) is 0 Å². The molecule has 3 heteroatoms. The second kappa shape index (κ2) is 7.01. The Morgan fingerprint density at radius 2 is 2.00 bits per heavy atom. The van der Waals surface area contributed by atoms with Gasteiger partial charge in [-0.1, -0.05) is 25.4 Å². The summed E-state index contributed by atoms with van der Waals surface area (Å²) < 4.78 is 5.52. The van der Waals surface area contributed by atoms with Gasteiger partial charge in [0.15, 0.2) is 0 Å². The molecular formula is C15H24ClNO. The Morgan fingerprint density at radius 1 is 1.33 bits per heavy atom. The van der Waals surface area contributed by atoms with Crippen LogP contribution >= 0.6 is 11.6 Å². The van der Waals surface area contributed by atoms with Crippen LogP contribution in [0.15, 0.2) is 12.1 Å². The SMILES string of the molecule is CCOc1cc(C)c(C(CCN)C(C)C)cc1Cl. The van der Waals surface area contributed by atoms with Gasteiger partial charge in [-0.25, -0.2) is 0 Å². The second-order valence-corrected chi connectivity index (χ2v) is 5.41. The molecule has 1 aromatic carbocycles. The molecule has 0 amide bonds. The van der Waals surface area contributed by atoms with Crippen molar-refractivity contribution in [1.29, 1.82) is 0 Å². The molecule has 1 atom stereocenters. The highest BCUT2D eigenvalue weighted by atomic mass is 35.5. The fraction of sp³-hybridized carbons (Fsp3) is 0.600. The average molecular weight is 270 g/mol. The lowest BCUT2D eigenvalue weighted by Crippen LogP contribution is -2.14. The van der Waals surface area contributed by atoms with E-state index < -0.39 is 0 Å². The summed E-state index contributed by atoms with van der Waals surface area (Å²) in [4.78, 5) is 0. The first-order chi connectivity index (χ1) is 8.51. The summed E-state index contributed by atoms with van der Waals surface area (Å²) >= 11 is 6.27. The van der Waals surface area contributed by atoms with Crippen LogP contribution in [0.3, 0.4) is 0 Å². The van der Waals surface area contributed by atoms with Crippen molar-refractivity contribution in [2.75, 3.05) is 13.2 Å². The van der Waals surface area contributed by atoms with Gasteiger partial charge in [0.25, 0.3) is 0 Å². The van der Waals surface area contributed by atoms with E-state index in [4.69, 9.17) is 22.1 Å². The van der Waals surface area contributed by atoms with E-state index in [1.807, 2.05) is 19.1 Å². The van der Waals surface area contributed by atoms with E-state index in [2.05, 4.69) is 20.8 Å². The van der Waals surface area contributed by atoms with Crippen LogP contribution in [-0.4, -0.2) is 13.2 Å². The lowest BCUT2D eigenvalue weighted by molar-refractivity contribution is 0.340. The highest BCUT2D eigenvalue weighted by molar-refractivity contribution is 6.32. The predicted octanol–water partition coefficient (Wildman–Crippen LogP) is 4.14. The summed E-state index contributed by atoms with van der Waals surface area (Å²) in [5, 5.41) is 0.695. The molecule has 0 fully saturated rings. The normalized spacial score (nSPS) is 12.8. The van der Waals surface area contributed by atoms with Gasteiger partial charge in [0.2, 0.25) is 0 Å². The summed E-state index contributed by atoms with van der Waals surface area (Å²) in [6, 6.07) is 4.08.